The van der Waals surface area contributed by atoms with Crippen molar-refractivity contribution in [1.82, 2.24) is 10.0 Å². The summed E-state index contributed by atoms with van der Waals surface area (Å²) in [5.74, 6) is -1.15. The van der Waals surface area contributed by atoms with E-state index in [1.54, 1.807) is 18.2 Å². The van der Waals surface area contributed by atoms with Crippen LogP contribution in [0.25, 0.3) is 11.0 Å². The summed E-state index contributed by atoms with van der Waals surface area (Å²) in [7, 11) is 0. The second-order valence-electron chi connectivity index (χ2n) is 9.67. The highest BCUT2D eigenvalue weighted by Gasteiger charge is 2.53. The summed E-state index contributed by atoms with van der Waals surface area (Å²) in [6, 6.07) is -0.00547. The molecule has 0 aliphatic heterocycles. The molecule has 1 aromatic carbocycles. The van der Waals surface area contributed by atoms with Crippen LogP contribution in [0.1, 0.15) is 56.7 Å². The summed E-state index contributed by atoms with van der Waals surface area (Å²) in [4.78, 5) is 25.9. The second-order valence-corrected chi connectivity index (χ2v) is 11.7. The number of benzene rings is 1. The highest BCUT2D eigenvalue weighted by molar-refractivity contribution is 7.90. The molecule has 1 heterocycles. The first-order valence-electron chi connectivity index (χ1n) is 11.6. The van der Waals surface area contributed by atoms with Gasteiger partial charge in [-0.05, 0) is 71.6 Å². The van der Waals surface area contributed by atoms with Gasteiger partial charge >= 0.3 is 12.1 Å². The Kier molecular flexibility index (Phi) is 8.51. The Morgan fingerprint density at radius 1 is 1.25 bits per heavy atom. The summed E-state index contributed by atoms with van der Waals surface area (Å²) in [5, 5.41) is 2.48. The highest BCUT2D eigenvalue weighted by atomic mass is 32.2. The Balaban J connectivity index is 1.94. The lowest BCUT2D eigenvalue weighted by molar-refractivity contribution is -0.172. The molecule has 0 unspecified atom stereocenters. The Labute approximate surface area is 210 Å². The van der Waals surface area contributed by atoms with E-state index in [0.29, 0.717) is 29.2 Å². The maximum atomic E-state index is 14.1. The van der Waals surface area contributed by atoms with Crippen LogP contribution in [-0.4, -0.2) is 52.7 Å². The monoisotopic (exact) mass is 532 g/mol. The van der Waals surface area contributed by atoms with Crippen LogP contribution in [0.4, 0.5) is 13.2 Å². The molecular weight excluding hydrogens is 501 g/mol. The zero-order valence-electron chi connectivity index (χ0n) is 20.8. The Morgan fingerprint density at radius 3 is 2.47 bits per heavy atom. The van der Waals surface area contributed by atoms with E-state index in [1.165, 1.54) is 34.6 Å². The number of ether oxygens (including phenoxy) is 2. The summed E-state index contributed by atoms with van der Waals surface area (Å²) in [5.41, 5.74) is 0.303. The van der Waals surface area contributed by atoms with E-state index in [9.17, 15) is 27.3 Å². The van der Waals surface area contributed by atoms with E-state index in [-0.39, 0.29) is 17.9 Å². The number of esters is 1. The van der Waals surface area contributed by atoms with Crippen molar-refractivity contribution in [2.45, 2.75) is 70.5 Å². The Hall–Kier alpha value is -2.44. The zero-order valence-corrected chi connectivity index (χ0v) is 21.6. The fourth-order valence-electron chi connectivity index (χ4n) is 3.41. The third kappa shape index (κ3) is 6.86. The van der Waals surface area contributed by atoms with Crippen LogP contribution in [0.2, 0.25) is 0 Å². The molecule has 2 aromatic rings. The maximum Gasteiger partial charge on any atom is 0.410 e. The number of rotatable bonds is 10. The van der Waals surface area contributed by atoms with Crippen LogP contribution < -0.4 is 14.8 Å². The van der Waals surface area contributed by atoms with Gasteiger partial charge in [0.15, 0.2) is 12.1 Å². The quantitative estimate of drug-likeness (QED) is 0.349. The smallest absolute Gasteiger partial charge is 0.410 e. The van der Waals surface area contributed by atoms with Crippen molar-refractivity contribution in [2.75, 3.05) is 13.2 Å². The summed E-state index contributed by atoms with van der Waals surface area (Å²) < 4.78 is 71.8. The number of halogens is 3. The van der Waals surface area contributed by atoms with Crippen LogP contribution in [-0.2, 0) is 20.9 Å². The second kappa shape index (κ2) is 10.9. The number of furan rings is 1. The molecule has 0 spiro atoms. The molecule has 1 saturated carbocycles. The van der Waals surface area contributed by atoms with Crippen LogP contribution in [0, 0.1) is 12.8 Å². The number of fused-ring (bicyclic) bond motifs is 1. The highest BCUT2D eigenvalue weighted by Crippen LogP contribution is 2.33. The van der Waals surface area contributed by atoms with Crippen molar-refractivity contribution >= 4 is 34.2 Å². The first kappa shape index (κ1) is 28.1. The molecule has 8 nitrogen and oxygen atoms in total. The van der Waals surface area contributed by atoms with Crippen LogP contribution in [0.15, 0.2) is 22.6 Å². The molecule has 1 aliphatic carbocycles. The minimum atomic E-state index is -5.04. The van der Waals surface area contributed by atoms with E-state index in [2.05, 4.69) is 5.32 Å². The van der Waals surface area contributed by atoms with Crippen molar-refractivity contribution in [2.24, 2.45) is 5.92 Å². The van der Waals surface area contributed by atoms with E-state index < -0.39 is 46.2 Å². The predicted octanol–water partition coefficient (Wildman–Crippen LogP) is 4.17. The first-order chi connectivity index (χ1) is 16.7. The number of hydrogen-bond donors (Lipinski definition) is 2. The number of aryl methyl sites for hydroxylation is 1. The maximum absolute atomic E-state index is 14.1. The average molecular weight is 533 g/mol. The third-order valence-corrected chi connectivity index (χ3v) is 7.13. The number of amides is 1. The average Bonchev–Trinajstić information content (AvgIpc) is 3.53. The van der Waals surface area contributed by atoms with Gasteiger partial charge in [0.25, 0.3) is 5.91 Å². The molecule has 3 atom stereocenters. The molecule has 3 rings (SSSR count). The first-order valence-corrected chi connectivity index (χ1v) is 12.8. The third-order valence-electron chi connectivity index (χ3n) is 5.55. The molecule has 2 N–H and O–H groups in total. The SMILES string of the molecule is CCOC(=O)[C@@H](NC(=O)c1c(C)oc2ccc(OCC3CC3)cc12)[C@H](N[S@@+]([O-])C(C)(C)C)C(F)(F)F. The largest absolute Gasteiger partial charge is 0.598 e. The van der Waals surface area contributed by atoms with Gasteiger partial charge in [0.2, 0.25) is 0 Å². The Morgan fingerprint density at radius 2 is 1.92 bits per heavy atom. The fourth-order valence-corrected chi connectivity index (χ4v) is 4.26. The van der Waals surface area contributed by atoms with Gasteiger partial charge in [-0.3, -0.25) is 4.79 Å². The molecule has 12 heteroatoms. The van der Waals surface area contributed by atoms with Gasteiger partial charge in [0.05, 0.1) is 18.8 Å². The number of nitrogens with one attached hydrogen (secondary N) is 2. The number of carbonyl (C=O) groups excluding carboxylic acids is 2. The van der Waals surface area contributed by atoms with Crippen molar-refractivity contribution in [3.8, 4) is 5.75 Å². The van der Waals surface area contributed by atoms with E-state index in [4.69, 9.17) is 13.9 Å². The predicted molar refractivity (Wildman–Crippen MR) is 128 cm³/mol. The minimum absolute atomic E-state index is 0.0333. The molecule has 0 saturated heterocycles. The summed E-state index contributed by atoms with van der Waals surface area (Å²) >= 11 is -2.20. The van der Waals surface area contributed by atoms with Crippen molar-refractivity contribution < 1.29 is 41.2 Å². The normalized spacial score (nSPS) is 16.9. The fraction of sp³-hybridized carbons (Fsp3) is 0.583. The molecule has 1 aromatic heterocycles. The topological polar surface area (TPSA) is 113 Å². The van der Waals surface area contributed by atoms with Gasteiger partial charge in [0, 0.05) is 16.7 Å². The van der Waals surface area contributed by atoms with Gasteiger partial charge in [0.1, 0.15) is 21.8 Å². The van der Waals surface area contributed by atoms with Gasteiger partial charge in [-0.2, -0.15) is 13.2 Å². The summed E-state index contributed by atoms with van der Waals surface area (Å²) in [6.45, 7) is 7.67. The lowest BCUT2D eigenvalue weighted by Crippen LogP contribution is -2.63. The van der Waals surface area contributed by atoms with Crippen LogP contribution in [0.3, 0.4) is 0 Å². The van der Waals surface area contributed by atoms with Crippen LogP contribution in [0.5, 0.6) is 5.75 Å². The van der Waals surface area contributed by atoms with Gasteiger partial charge in [-0.15, -0.1) is 4.72 Å². The molecule has 36 heavy (non-hydrogen) atoms. The summed E-state index contributed by atoms with van der Waals surface area (Å²) in [6.07, 6.45) is -2.86. The van der Waals surface area contributed by atoms with E-state index in [0.717, 1.165) is 12.8 Å². The molecule has 1 aliphatic rings. The zero-order chi connectivity index (χ0) is 26.8. The van der Waals surface area contributed by atoms with Crippen LogP contribution >= 0.6 is 0 Å². The minimum Gasteiger partial charge on any atom is -0.598 e. The van der Waals surface area contributed by atoms with E-state index >= 15 is 0 Å². The number of hydrogen-bond acceptors (Lipinski definition) is 7. The van der Waals surface area contributed by atoms with Crippen molar-refractivity contribution in [3.63, 3.8) is 0 Å². The number of carbonyl (C=O) groups is 2. The molecule has 200 valence electrons. The van der Waals surface area contributed by atoms with Gasteiger partial charge in [-0.25, -0.2) is 4.79 Å². The Bertz CT molecular complexity index is 1090. The molecule has 1 fully saturated rings. The lowest BCUT2D eigenvalue weighted by Gasteiger charge is -2.32. The molecule has 0 bridgehead atoms. The van der Waals surface area contributed by atoms with Crippen molar-refractivity contribution in [1.29, 1.82) is 0 Å². The lowest BCUT2D eigenvalue weighted by atomic mass is 10.1. The van der Waals surface area contributed by atoms with Gasteiger partial charge in [-0.1, -0.05) is 0 Å². The molecular formula is C24H31F3N2O6S. The van der Waals surface area contributed by atoms with Crippen molar-refractivity contribution in [3.05, 3.63) is 29.5 Å². The molecule has 0 radical (unpaired) electrons. The number of alkyl halides is 3. The standard InChI is InChI=1S/C24H31F3N2O6S/c1-6-33-22(31)19(20(24(25,26)27)29-36(32)23(3,4)5)28-21(30)18-13(2)35-17-10-9-15(11-16(17)18)34-12-14-7-8-14/h9-11,14,19-20,29H,6-8,12H2,1-5H3,(H,28,30)/t19-,20-,36-/m0/s1. The molecule has 1 amide bonds. The van der Waals surface area contributed by atoms with E-state index in [1.807, 2.05) is 4.72 Å². The van der Waals surface area contributed by atoms with Gasteiger partial charge < -0.3 is 23.8 Å².